The highest BCUT2D eigenvalue weighted by Gasteiger charge is 2.29. The number of rotatable bonds is 4. The van der Waals surface area contributed by atoms with Gasteiger partial charge in [-0.1, -0.05) is 28.9 Å². The Labute approximate surface area is 134 Å². The Morgan fingerprint density at radius 3 is 2.86 bits per heavy atom. The fourth-order valence-corrected chi connectivity index (χ4v) is 4.33. The molecule has 1 aliphatic rings. The van der Waals surface area contributed by atoms with E-state index < -0.39 is 15.1 Å². The van der Waals surface area contributed by atoms with E-state index in [1.54, 1.807) is 18.2 Å². The maximum absolute atomic E-state index is 12.4. The molecule has 0 saturated carbocycles. The molecule has 1 saturated heterocycles. The van der Waals surface area contributed by atoms with Crippen molar-refractivity contribution in [1.29, 1.82) is 0 Å². The number of ether oxygens (including phenoxy) is 1. The van der Waals surface area contributed by atoms with Crippen molar-refractivity contribution in [2.45, 2.75) is 23.8 Å². The van der Waals surface area contributed by atoms with Gasteiger partial charge in [0.1, 0.15) is 0 Å². The molecular weight excluding hydrogens is 326 g/mol. The van der Waals surface area contributed by atoms with E-state index in [0.717, 1.165) is 6.42 Å². The first kappa shape index (κ1) is 15.5. The summed E-state index contributed by atoms with van der Waals surface area (Å²) in [7, 11) is -3.30. The molecule has 1 aliphatic heterocycles. The largest absolute Gasteiger partial charge is 0.380 e. The van der Waals surface area contributed by atoms with Crippen molar-refractivity contribution < 1.29 is 17.7 Å². The third-order valence-electron chi connectivity index (χ3n) is 3.67. The number of sulfone groups is 1. The van der Waals surface area contributed by atoms with Gasteiger partial charge in [-0.3, -0.25) is 0 Å². The SMILES string of the molecule is O=S(=O)(Cc1cc(-c2ccccc2Cl)on1)C1CCCOC1. The van der Waals surface area contributed by atoms with Crippen molar-refractivity contribution in [1.82, 2.24) is 5.16 Å². The van der Waals surface area contributed by atoms with Crippen LogP contribution in [-0.2, 0) is 20.3 Å². The van der Waals surface area contributed by atoms with Gasteiger partial charge in [0.2, 0.25) is 0 Å². The van der Waals surface area contributed by atoms with E-state index in [1.165, 1.54) is 0 Å². The minimum absolute atomic E-state index is 0.144. The van der Waals surface area contributed by atoms with E-state index >= 15 is 0 Å². The van der Waals surface area contributed by atoms with Crippen LogP contribution in [0, 0.1) is 0 Å². The van der Waals surface area contributed by atoms with E-state index in [0.29, 0.717) is 35.1 Å². The molecule has 2 heterocycles. The minimum atomic E-state index is -3.30. The summed E-state index contributed by atoms with van der Waals surface area (Å²) in [6, 6.07) is 8.82. The molecule has 1 unspecified atom stereocenters. The highest BCUT2D eigenvalue weighted by Crippen LogP contribution is 2.29. The summed E-state index contributed by atoms with van der Waals surface area (Å²) in [5.41, 5.74) is 1.09. The normalized spacial score (nSPS) is 19.2. The lowest BCUT2D eigenvalue weighted by molar-refractivity contribution is 0.0990. The van der Waals surface area contributed by atoms with Crippen LogP contribution in [0.25, 0.3) is 11.3 Å². The van der Waals surface area contributed by atoms with Gasteiger partial charge in [0.15, 0.2) is 15.6 Å². The highest BCUT2D eigenvalue weighted by molar-refractivity contribution is 7.91. The van der Waals surface area contributed by atoms with E-state index in [-0.39, 0.29) is 12.4 Å². The first-order chi connectivity index (χ1) is 10.6. The maximum atomic E-state index is 12.4. The molecule has 22 heavy (non-hydrogen) atoms. The third-order valence-corrected chi connectivity index (χ3v) is 6.09. The lowest BCUT2D eigenvalue weighted by Crippen LogP contribution is -2.31. The fraction of sp³-hybridized carbons (Fsp3) is 0.400. The van der Waals surface area contributed by atoms with Gasteiger partial charge in [-0.15, -0.1) is 0 Å². The lowest BCUT2D eigenvalue weighted by Gasteiger charge is -2.21. The monoisotopic (exact) mass is 341 g/mol. The van der Waals surface area contributed by atoms with Crippen LogP contribution in [0.4, 0.5) is 0 Å². The van der Waals surface area contributed by atoms with Gasteiger partial charge in [-0.05, 0) is 25.0 Å². The third kappa shape index (κ3) is 3.34. The molecule has 0 spiro atoms. The zero-order valence-corrected chi connectivity index (χ0v) is 13.4. The molecule has 0 amide bonds. The smallest absolute Gasteiger partial charge is 0.168 e. The molecule has 1 atom stereocenters. The minimum Gasteiger partial charge on any atom is -0.380 e. The van der Waals surface area contributed by atoms with Crippen LogP contribution in [-0.4, -0.2) is 32.0 Å². The van der Waals surface area contributed by atoms with Crippen LogP contribution < -0.4 is 0 Å². The van der Waals surface area contributed by atoms with Crippen LogP contribution in [0.2, 0.25) is 5.02 Å². The van der Waals surface area contributed by atoms with Gasteiger partial charge in [0.05, 0.1) is 28.3 Å². The topological polar surface area (TPSA) is 69.4 Å². The molecule has 5 nitrogen and oxygen atoms in total. The molecule has 118 valence electrons. The second-order valence-corrected chi connectivity index (χ2v) is 8.00. The Bertz CT molecular complexity index is 750. The summed E-state index contributed by atoms with van der Waals surface area (Å²) in [6.45, 7) is 0.893. The molecule has 7 heteroatoms. The number of benzene rings is 1. The molecule has 0 radical (unpaired) electrons. The number of nitrogens with zero attached hydrogens (tertiary/aromatic N) is 1. The summed E-state index contributed by atoms with van der Waals surface area (Å²) >= 11 is 6.10. The number of hydrogen-bond donors (Lipinski definition) is 0. The van der Waals surface area contributed by atoms with Gasteiger partial charge in [0, 0.05) is 18.2 Å². The fourth-order valence-electron chi connectivity index (χ4n) is 2.49. The van der Waals surface area contributed by atoms with Gasteiger partial charge < -0.3 is 9.26 Å². The molecule has 1 fully saturated rings. The van der Waals surface area contributed by atoms with Crippen molar-refractivity contribution in [3.8, 4) is 11.3 Å². The van der Waals surface area contributed by atoms with E-state index in [1.807, 2.05) is 12.1 Å². The summed E-state index contributed by atoms with van der Waals surface area (Å²) in [5, 5.41) is 3.94. The van der Waals surface area contributed by atoms with Crippen molar-refractivity contribution >= 4 is 21.4 Å². The van der Waals surface area contributed by atoms with Crippen molar-refractivity contribution in [3.05, 3.63) is 41.0 Å². The standard InChI is InChI=1S/C15H16ClNO4S/c16-14-6-2-1-5-13(14)15-8-11(17-21-15)10-22(18,19)12-4-3-7-20-9-12/h1-2,5-6,8,12H,3-4,7,9-10H2. The molecule has 0 aliphatic carbocycles. The van der Waals surface area contributed by atoms with Crippen molar-refractivity contribution in [2.24, 2.45) is 0 Å². The Morgan fingerprint density at radius 1 is 1.32 bits per heavy atom. The first-order valence-corrected chi connectivity index (χ1v) is 9.15. The quantitative estimate of drug-likeness (QED) is 0.854. The second-order valence-electron chi connectivity index (χ2n) is 5.31. The average Bonchev–Trinajstić information content (AvgIpc) is 2.96. The Hall–Kier alpha value is -1.37. The summed E-state index contributed by atoms with van der Waals surface area (Å²) < 4.78 is 35.3. The summed E-state index contributed by atoms with van der Waals surface area (Å²) in [5.74, 6) is 0.324. The molecular formula is C15H16ClNO4S. The zero-order chi connectivity index (χ0) is 15.6. The molecule has 0 N–H and O–H groups in total. The lowest BCUT2D eigenvalue weighted by atomic mass is 10.1. The van der Waals surface area contributed by atoms with Gasteiger partial charge in [0.25, 0.3) is 0 Å². The van der Waals surface area contributed by atoms with Gasteiger partial charge >= 0.3 is 0 Å². The predicted molar refractivity (Wildman–Crippen MR) is 83.4 cm³/mol. The molecule has 1 aromatic carbocycles. The van der Waals surface area contributed by atoms with Crippen molar-refractivity contribution in [2.75, 3.05) is 13.2 Å². The highest BCUT2D eigenvalue weighted by atomic mass is 35.5. The number of hydrogen-bond acceptors (Lipinski definition) is 5. The Kier molecular flexibility index (Phi) is 4.52. The van der Waals surface area contributed by atoms with E-state index in [2.05, 4.69) is 5.16 Å². The van der Waals surface area contributed by atoms with Crippen LogP contribution >= 0.6 is 11.6 Å². The molecule has 3 rings (SSSR count). The Morgan fingerprint density at radius 2 is 2.14 bits per heavy atom. The van der Waals surface area contributed by atoms with Crippen LogP contribution in [0.15, 0.2) is 34.9 Å². The van der Waals surface area contributed by atoms with E-state index in [4.69, 9.17) is 20.9 Å². The maximum Gasteiger partial charge on any atom is 0.168 e. The molecule has 2 aromatic rings. The molecule has 1 aromatic heterocycles. The number of halogens is 1. The number of aromatic nitrogens is 1. The first-order valence-electron chi connectivity index (χ1n) is 7.06. The van der Waals surface area contributed by atoms with Crippen LogP contribution in [0.3, 0.4) is 0 Å². The average molecular weight is 342 g/mol. The predicted octanol–water partition coefficient (Wildman–Crippen LogP) is 3.09. The van der Waals surface area contributed by atoms with Gasteiger partial charge in [-0.2, -0.15) is 0 Å². The van der Waals surface area contributed by atoms with Crippen LogP contribution in [0.5, 0.6) is 0 Å². The van der Waals surface area contributed by atoms with Crippen molar-refractivity contribution in [3.63, 3.8) is 0 Å². The summed E-state index contributed by atoms with van der Waals surface area (Å²) in [6.07, 6.45) is 1.41. The van der Waals surface area contributed by atoms with Gasteiger partial charge in [-0.25, -0.2) is 8.42 Å². The van der Waals surface area contributed by atoms with Crippen LogP contribution in [0.1, 0.15) is 18.5 Å². The zero-order valence-electron chi connectivity index (χ0n) is 11.9. The second kappa shape index (κ2) is 6.40. The molecule has 0 bridgehead atoms. The van der Waals surface area contributed by atoms with E-state index in [9.17, 15) is 8.42 Å². The Balaban J connectivity index is 1.78. The summed E-state index contributed by atoms with van der Waals surface area (Å²) in [4.78, 5) is 0.